The van der Waals surface area contributed by atoms with Gasteiger partial charge < -0.3 is 0 Å². The number of para-hydroxylation sites is 1. The van der Waals surface area contributed by atoms with Crippen LogP contribution in [0.25, 0.3) is 5.57 Å². The quantitative estimate of drug-likeness (QED) is 0.368. The van der Waals surface area contributed by atoms with E-state index in [1.54, 1.807) is 18.2 Å². The monoisotopic (exact) mass is 267 g/mol. The maximum atomic E-state index is 11.1. The van der Waals surface area contributed by atoms with Gasteiger partial charge in [-0.3, -0.25) is 14.9 Å². The van der Waals surface area contributed by atoms with E-state index in [1.165, 1.54) is 12.1 Å². The molecule has 0 saturated heterocycles. The van der Waals surface area contributed by atoms with Crippen LogP contribution in [0.4, 0.5) is 5.69 Å². The summed E-state index contributed by atoms with van der Waals surface area (Å²) in [5, 5.41) is 11.1. The van der Waals surface area contributed by atoms with Gasteiger partial charge in [0.2, 0.25) is 0 Å². The van der Waals surface area contributed by atoms with Gasteiger partial charge in [0.1, 0.15) is 6.29 Å². The Balaban J connectivity index is 2.61. The van der Waals surface area contributed by atoms with E-state index in [4.69, 9.17) is 0 Å². The zero-order valence-corrected chi connectivity index (χ0v) is 10.9. The lowest BCUT2D eigenvalue weighted by molar-refractivity contribution is -0.385. The van der Waals surface area contributed by atoms with Crippen LogP contribution in [0.2, 0.25) is 0 Å². The highest BCUT2D eigenvalue weighted by atomic mass is 16.6. The zero-order chi connectivity index (χ0) is 14.5. The van der Waals surface area contributed by atoms with E-state index in [0.717, 1.165) is 11.1 Å². The first kappa shape index (κ1) is 13.7. The van der Waals surface area contributed by atoms with Gasteiger partial charge in [-0.1, -0.05) is 42.0 Å². The molecule has 4 heteroatoms. The van der Waals surface area contributed by atoms with Crippen LogP contribution in [-0.2, 0) is 4.79 Å². The number of hydrogen-bond acceptors (Lipinski definition) is 3. The number of carbonyl (C=O) groups excluding carboxylic acids is 1. The Morgan fingerprint density at radius 2 is 1.75 bits per heavy atom. The van der Waals surface area contributed by atoms with Crippen LogP contribution < -0.4 is 0 Å². The first-order valence-corrected chi connectivity index (χ1v) is 6.10. The molecule has 2 aromatic rings. The molecule has 0 aliphatic rings. The molecule has 2 aromatic carbocycles. The fourth-order valence-corrected chi connectivity index (χ4v) is 2.00. The van der Waals surface area contributed by atoms with Crippen LogP contribution in [0, 0.1) is 17.0 Å². The van der Waals surface area contributed by atoms with Gasteiger partial charge in [-0.25, -0.2) is 0 Å². The number of allylic oxidation sites excluding steroid dienone is 1. The van der Waals surface area contributed by atoms with E-state index in [9.17, 15) is 14.9 Å². The van der Waals surface area contributed by atoms with E-state index in [1.807, 2.05) is 31.2 Å². The highest BCUT2D eigenvalue weighted by Crippen LogP contribution is 2.30. The molecule has 0 radical (unpaired) electrons. The summed E-state index contributed by atoms with van der Waals surface area (Å²) < 4.78 is 0. The summed E-state index contributed by atoms with van der Waals surface area (Å²) in [6, 6.07) is 13.9. The summed E-state index contributed by atoms with van der Waals surface area (Å²) in [5.74, 6) is 0. The van der Waals surface area contributed by atoms with Gasteiger partial charge in [-0.2, -0.15) is 0 Å². The summed E-state index contributed by atoms with van der Waals surface area (Å²) in [7, 11) is 0. The fourth-order valence-electron chi connectivity index (χ4n) is 2.00. The third-order valence-corrected chi connectivity index (χ3v) is 2.99. The molecule has 0 unspecified atom stereocenters. The van der Waals surface area contributed by atoms with Gasteiger partial charge in [0.25, 0.3) is 5.69 Å². The number of hydrogen-bond donors (Lipinski definition) is 0. The number of nitrogens with zero attached hydrogens (tertiary/aromatic N) is 1. The van der Waals surface area contributed by atoms with Crippen LogP contribution in [0.15, 0.2) is 54.6 Å². The number of aryl methyl sites for hydroxylation is 1. The Morgan fingerprint density at radius 1 is 1.10 bits per heavy atom. The molecule has 0 atom stereocenters. The summed E-state index contributed by atoms with van der Waals surface area (Å²) in [5.41, 5.74) is 2.83. The van der Waals surface area contributed by atoms with Crippen LogP contribution in [0.5, 0.6) is 0 Å². The molecule has 2 rings (SSSR count). The first-order valence-electron chi connectivity index (χ1n) is 6.10. The first-order chi connectivity index (χ1) is 9.63. The van der Waals surface area contributed by atoms with E-state index in [0.29, 0.717) is 17.4 Å². The number of aldehydes is 1. The average molecular weight is 267 g/mol. The number of nitro benzene ring substituents is 1. The second-order valence-electron chi connectivity index (χ2n) is 4.36. The number of nitro groups is 1. The van der Waals surface area contributed by atoms with Gasteiger partial charge >= 0.3 is 0 Å². The van der Waals surface area contributed by atoms with Crippen molar-refractivity contribution in [1.29, 1.82) is 0 Å². The minimum atomic E-state index is -0.442. The van der Waals surface area contributed by atoms with Crippen molar-refractivity contribution in [1.82, 2.24) is 0 Å². The van der Waals surface area contributed by atoms with Gasteiger partial charge in [-0.05, 0) is 30.2 Å². The Bertz CT molecular complexity index is 672. The minimum absolute atomic E-state index is 0.0128. The average Bonchev–Trinajstić information content (AvgIpc) is 2.46. The molecule has 4 nitrogen and oxygen atoms in total. The largest absolute Gasteiger partial charge is 0.299 e. The van der Waals surface area contributed by atoms with Crippen LogP contribution in [0.3, 0.4) is 0 Å². The second kappa shape index (κ2) is 5.93. The highest BCUT2D eigenvalue weighted by Gasteiger charge is 2.17. The molecule has 0 aromatic heterocycles. The van der Waals surface area contributed by atoms with Crippen molar-refractivity contribution >= 4 is 17.5 Å². The maximum Gasteiger partial charge on any atom is 0.277 e. The van der Waals surface area contributed by atoms with Crippen molar-refractivity contribution in [3.8, 4) is 0 Å². The molecule has 0 aliphatic heterocycles. The minimum Gasteiger partial charge on any atom is -0.299 e. The van der Waals surface area contributed by atoms with E-state index < -0.39 is 4.92 Å². The normalized spacial score (nSPS) is 11.2. The summed E-state index contributed by atoms with van der Waals surface area (Å²) in [6.45, 7) is 1.96. The van der Waals surface area contributed by atoms with Gasteiger partial charge in [0, 0.05) is 6.07 Å². The Kier molecular flexibility index (Phi) is 4.05. The van der Waals surface area contributed by atoms with E-state index >= 15 is 0 Å². The molecule has 0 fully saturated rings. The summed E-state index contributed by atoms with van der Waals surface area (Å²) in [6.07, 6.45) is 2.00. The van der Waals surface area contributed by atoms with Crippen molar-refractivity contribution in [2.45, 2.75) is 6.92 Å². The molecule has 100 valence electrons. The van der Waals surface area contributed by atoms with Crippen molar-refractivity contribution < 1.29 is 9.72 Å². The second-order valence-corrected chi connectivity index (χ2v) is 4.36. The molecule has 0 heterocycles. The Morgan fingerprint density at radius 3 is 2.35 bits per heavy atom. The molecule has 0 amide bonds. The predicted octanol–water partition coefficient (Wildman–Crippen LogP) is 3.53. The van der Waals surface area contributed by atoms with Crippen molar-refractivity contribution in [2.75, 3.05) is 0 Å². The molecule has 0 spiro atoms. The molecule has 20 heavy (non-hydrogen) atoms. The molecule has 0 aliphatic carbocycles. The van der Waals surface area contributed by atoms with Gasteiger partial charge in [-0.15, -0.1) is 0 Å². The lowest BCUT2D eigenvalue weighted by Gasteiger charge is -2.08. The maximum absolute atomic E-state index is 11.1. The van der Waals surface area contributed by atoms with Crippen LogP contribution >= 0.6 is 0 Å². The zero-order valence-electron chi connectivity index (χ0n) is 10.9. The third-order valence-electron chi connectivity index (χ3n) is 2.99. The summed E-state index contributed by atoms with van der Waals surface area (Å²) in [4.78, 5) is 21.5. The number of rotatable bonds is 4. The lowest BCUT2D eigenvalue weighted by Crippen LogP contribution is -1.96. The molecule has 0 saturated carbocycles. The molecule has 0 bridgehead atoms. The third kappa shape index (κ3) is 2.80. The topological polar surface area (TPSA) is 60.2 Å². The molecular weight excluding hydrogens is 254 g/mol. The smallest absolute Gasteiger partial charge is 0.277 e. The Labute approximate surface area is 116 Å². The summed E-state index contributed by atoms with van der Waals surface area (Å²) >= 11 is 0. The number of benzene rings is 2. The molecule has 0 N–H and O–H groups in total. The van der Waals surface area contributed by atoms with Crippen LogP contribution in [0.1, 0.15) is 16.7 Å². The SMILES string of the molecule is Cc1ccc(/C(=C/C=O)c2ccccc2[N+](=O)[O-])cc1. The predicted molar refractivity (Wildman–Crippen MR) is 77.4 cm³/mol. The highest BCUT2D eigenvalue weighted by molar-refractivity contribution is 5.92. The number of carbonyl (C=O) groups is 1. The van der Waals surface area contributed by atoms with Crippen molar-refractivity contribution in [2.24, 2.45) is 0 Å². The lowest BCUT2D eigenvalue weighted by atomic mass is 9.95. The van der Waals surface area contributed by atoms with Crippen molar-refractivity contribution in [3.05, 3.63) is 81.4 Å². The van der Waals surface area contributed by atoms with Crippen molar-refractivity contribution in [3.63, 3.8) is 0 Å². The molecular formula is C16H13NO3. The van der Waals surface area contributed by atoms with E-state index in [-0.39, 0.29) is 5.69 Å². The fraction of sp³-hybridized carbons (Fsp3) is 0.0625. The van der Waals surface area contributed by atoms with Gasteiger partial charge in [0.05, 0.1) is 10.5 Å². The van der Waals surface area contributed by atoms with Gasteiger partial charge in [0.15, 0.2) is 0 Å². The van der Waals surface area contributed by atoms with Crippen LogP contribution in [-0.4, -0.2) is 11.2 Å². The standard InChI is InChI=1S/C16H13NO3/c1-12-6-8-13(9-7-12)14(10-11-18)15-4-2-3-5-16(15)17(19)20/h2-11H,1H3/b14-10-. The van der Waals surface area contributed by atoms with E-state index in [2.05, 4.69) is 0 Å². The Hall–Kier alpha value is -2.75.